The number of carboxylic acid groups (broad SMARTS) is 1. The summed E-state index contributed by atoms with van der Waals surface area (Å²) < 4.78 is 6.55. The topological polar surface area (TPSA) is 106 Å². The van der Waals surface area contributed by atoms with Crippen LogP contribution in [0.25, 0.3) is 5.65 Å². The van der Waals surface area contributed by atoms with E-state index in [4.69, 9.17) is 9.84 Å². The Labute approximate surface area is 107 Å². The zero-order chi connectivity index (χ0) is 13.4. The molecular formula is C10H12N6O3. The van der Waals surface area contributed by atoms with Crippen LogP contribution in [0.5, 0.6) is 0 Å². The molecule has 3 heterocycles. The van der Waals surface area contributed by atoms with E-state index in [0.29, 0.717) is 18.1 Å². The van der Waals surface area contributed by atoms with Crippen molar-refractivity contribution in [2.45, 2.75) is 6.04 Å². The van der Waals surface area contributed by atoms with E-state index < -0.39 is 11.9 Å². The predicted octanol–water partition coefficient (Wildman–Crippen LogP) is -0.945. The van der Waals surface area contributed by atoms with Gasteiger partial charge in [0.1, 0.15) is 5.92 Å². The van der Waals surface area contributed by atoms with Gasteiger partial charge in [0, 0.05) is 7.05 Å². The van der Waals surface area contributed by atoms with Gasteiger partial charge in [-0.2, -0.15) is 0 Å². The minimum Gasteiger partial charge on any atom is -0.481 e. The van der Waals surface area contributed by atoms with Crippen LogP contribution in [-0.4, -0.2) is 62.6 Å². The fraction of sp³-hybridized carbons (Fsp3) is 0.500. The largest absolute Gasteiger partial charge is 0.481 e. The number of likely N-dealkylation sites (N-methyl/N-ethyl adjacent to an activating group) is 1. The summed E-state index contributed by atoms with van der Waals surface area (Å²) in [4.78, 5) is 12.9. The van der Waals surface area contributed by atoms with Crippen LogP contribution < -0.4 is 4.90 Å². The predicted molar refractivity (Wildman–Crippen MR) is 62.7 cm³/mol. The number of hydrogen-bond donors (Lipinski definition) is 1. The second kappa shape index (κ2) is 4.43. The second-order valence-corrected chi connectivity index (χ2v) is 4.38. The monoisotopic (exact) mass is 264 g/mol. The summed E-state index contributed by atoms with van der Waals surface area (Å²) >= 11 is 0. The number of carboxylic acids is 1. The average Bonchev–Trinajstić information content (AvgIpc) is 3.05. The van der Waals surface area contributed by atoms with E-state index in [1.54, 1.807) is 24.1 Å². The van der Waals surface area contributed by atoms with Gasteiger partial charge in [0.2, 0.25) is 0 Å². The van der Waals surface area contributed by atoms with Gasteiger partial charge in [0.15, 0.2) is 11.5 Å². The van der Waals surface area contributed by atoms with Crippen molar-refractivity contribution < 1.29 is 14.6 Å². The van der Waals surface area contributed by atoms with E-state index in [2.05, 4.69) is 20.6 Å². The van der Waals surface area contributed by atoms with Gasteiger partial charge < -0.3 is 14.7 Å². The fourth-order valence-electron chi connectivity index (χ4n) is 2.16. The molecule has 0 spiro atoms. The molecule has 1 aliphatic rings. The maximum absolute atomic E-state index is 11.2. The van der Waals surface area contributed by atoms with Gasteiger partial charge >= 0.3 is 5.97 Å². The summed E-state index contributed by atoms with van der Waals surface area (Å²) in [6.07, 6.45) is 0. The molecule has 2 atom stereocenters. The lowest BCUT2D eigenvalue weighted by molar-refractivity contribution is -0.141. The van der Waals surface area contributed by atoms with E-state index in [0.717, 1.165) is 0 Å². The first-order valence-corrected chi connectivity index (χ1v) is 5.75. The molecule has 9 nitrogen and oxygen atoms in total. The number of ether oxygens (including phenoxy) is 1. The summed E-state index contributed by atoms with van der Waals surface area (Å²) in [5.74, 6) is -0.823. The number of aromatic nitrogens is 5. The highest BCUT2D eigenvalue weighted by Gasteiger charge is 2.37. The lowest BCUT2D eigenvalue weighted by atomic mass is 10.0. The first-order valence-electron chi connectivity index (χ1n) is 5.75. The number of fused-ring (bicyclic) bond motifs is 1. The van der Waals surface area contributed by atoms with Gasteiger partial charge in [-0.15, -0.1) is 14.8 Å². The third-order valence-electron chi connectivity index (χ3n) is 3.28. The lowest BCUT2D eigenvalue weighted by Crippen LogP contribution is -2.41. The summed E-state index contributed by atoms with van der Waals surface area (Å²) in [5, 5.41) is 24.4. The second-order valence-electron chi connectivity index (χ2n) is 4.38. The van der Waals surface area contributed by atoms with Crippen LogP contribution in [0.1, 0.15) is 0 Å². The Kier molecular flexibility index (Phi) is 2.75. The third-order valence-corrected chi connectivity index (χ3v) is 3.28. The minimum absolute atomic E-state index is 0.220. The molecule has 0 radical (unpaired) electrons. The van der Waals surface area contributed by atoms with Crippen molar-refractivity contribution >= 4 is 17.4 Å². The van der Waals surface area contributed by atoms with Gasteiger partial charge in [0.25, 0.3) is 0 Å². The lowest BCUT2D eigenvalue weighted by Gasteiger charge is -2.26. The maximum Gasteiger partial charge on any atom is 0.311 e. The van der Waals surface area contributed by atoms with Crippen molar-refractivity contribution in [1.29, 1.82) is 0 Å². The molecule has 0 bridgehead atoms. The molecule has 1 saturated heterocycles. The standard InChI is InChI=1S/C10H12N6O3/c1-15(7-5-19-4-6(7)10(17)18)9-3-2-8-11-13-14-16(8)12-9/h2-3,6-7H,4-5H2,1H3,(H,17,18). The third kappa shape index (κ3) is 1.97. The van der Waals surface area contributed by atoms with Gasteiger partial charge in [-0.05, 0) is 22.6 Å². The molecule has 0 saturated carbocycles. The summed E-state index contributed by atoms with van der Waals surface area (Å²) in [6, 6.07) is 3.23. The van der Waals surface area contributed by atoms with Gasteiger partial charge in [0.05, 0.1) is 19.3 Å². The highest BCUT2D eigenvalue weighted by atomic mass is 16.5. The van der Waals surface area contributed by atoms with Gasteiger partial charge in [-0.1, -0.05) is 0 Å². The van der Waals surface area contributed by atoms with Crippen molar-refractivity contribution in [3.8, 4) is 0 Å². The summed E-state index contributed by atoms with van der Waals surface area (Å²) in [7, 11) is 1.79. The van der Waals surface area contributed by atoms with Crippen molar-refractivity contribution in [2.24, 2.45) is 5.92 Å². The average molecular weight is 264 g/mol. The maximum atomic E-state index is 11.2. The van der Waals surface area contributed by atoms with Crippen LogP contribution >= 0.6 is 0 Å². The van der Waals surface area contributed by atoms with E-state index in [1.807, 2.05) is 0 Å². The van der Waals surface area contributed by atoms with Crippen LogP contribution in [0.2, 0.25) is 0 Å². The number of rotatable bonds is 3. The number of carbonyl (C=O) groups is 1. The van der Waals surface area contributed by atoms with Gasteiger partial charge in [-0.3, -0.25) is 4.79 Å². The van der Waals surface area contributed by atoms with Crippen molar-refractivity contribution in [1.82, 2.24) is 25.3 Å². The Balaban J connectivity index is 1.89. The van der Waals surface area contributed by atoms with Crippen molar-refractivity contribution in [2.75, 3.05) is 25.2 Å². The number of nitrogens with zero attached hydrogens (tertiary/aromatic N) is 6. The number of hydrogen-bond acceptors (Lipinski definition) is 7. The molecule has 2 unspecified atom stereocenters. The summed E-state index contributed by atoms with van der Waals surface area (Å²) in [6.45, 7) is 0.584. The van der Waals surface area contributed by atoms with E-state index in [1.165, 1.54) is 4.63 Å². The molecule has 2 aromatic rings. The highest BCUT2D eigenvalue weighted by molar-refractivity contribution is 5.72. The smallest absolute Gasteiger partial charge is 0.311 e. The van der Waals surface area contributed by atoms with Crippen LogP contribution in [0.4, 0.5) is 5.82 Å². The summed E-state index contributed by atoms with van der Waals surface area (Å²) in [5.41, 5.74) is 0.537. The Hall–Kier alpha value is -2.29. The Morgan fingerprint density at radius 2 is 2.37 bits per heavy atom. The Morgan fingerprint density at radius 1 is 1.53 bits per heavy atom. The Morgan fingerprint density at radius 3 is 3.16 bits per heavy atom. The number of tetrazole rings is 1. The molecule has 9 heteroatoms. The van der Waals surface area contributed by atoms with Crippen molar-refractivity contribution in [3.05, 3.63) is 12.1 Å². The zero-order valence-corrected chi connectivity index (χ0v) is 10.2. The highest BCUT2D eigenvalue weighted by Crippen LogP contribution is 2.23. The van der Waals surface area contributed by atoms with Crippen LogP contribution in [0.15, 0.2) is 12.1 Å². The molecule has 2 aromatic heterocycles. The molecule has 1 fully saturated rings. The molecule has 100 valence electrons. The molecule has 3 rings (SSSR count). The van der Waals surface area contributed by atoms with Gasteiger partial charge in [-0.25, -0.2) is 0 Å². The zero-order valence-electron chi connectivity index (χ0n) is 10.2. The number of aliphatic carboxylic acids is 1. The minimum atomic E-state index is -0.863. The van der Waals surface area contributed by atoms with E-state index in [9.17, 15) is 4.79 Å². The van der Waals surface area contributed by atoms with E-state index >= 15 is 0 Å². The molecule has 19 heavy (non-hydrogen) atoms. The van der Waals surface area contributed by atoms with Crippen molar-refractivity contribution in [3.63, 3.8) is 0 Å². The quantitative estimate of drug-likeness (QED) is 0.756. The first kappa shape index (κ1) is 11.8. The SMILES string of the molecule is CN(c1ccc2nnnn2n1)C1COCC1C(=O)O. The molecule has 0 aromatic carbocycles. The first-order chi connectivity index (χ1) is 9.16. The molecule has 0 aliphatic carbocycles. The molecule has 1 aliphatic heterocycles. The molecule has 1 N–H and O–H groups in total. The van der Waals surface area contributed by atoms with Crippen LogP contribution in [-0.2, 0) is 9.53 Å². The fourth-order valence-corrected chi connectivity index (χ4v) is 2.16. The Bertz CT molecular complexity index is 614. The normalized spacial score (nSPS) is 22.8. The number of anilines is 1. The van der Waals surface area contributed by atoms with E-state index in [-0.39, 0.29) is 12.6 Å². The molecule has 0 amide bonds. The molecular weight excluding hydrogens is 252 g/mol. The van der Waals surface area contributed by atoms with Crippen LogP contribution in [0.3, 0.4) is 0 Å². The van der Waals surface area contributed by atoms with Crippen LogP contribution in [0, 0.1) is 5.92 Å².